The van der Waals surface area contributed by atoms with Crippen molar-refractivity contribution in [3.8, 4) is 5.75 Å². The molecule has 1 rings (SSSR count). The van der Waals surface area contributed by atoms with Crippen LogP contribution >= 0.6 is 0 Å². The zero-order chi connectivity index (χ0) is 12.3. The first-order valence-electron chi connectivity index (χ1n) is 6.79. The molecular weight excluding hydrogens is 210 g/mol. The van der Waals surface area contributed by atoms with Gasteiger partial charge in [0.15, 0.2) is 0 Å². The summed E-state index contributed by atoms with van der Waals surface area (Å²) in [6, 6.07) is 10.1. The Morgan fingerprint density at radius 3 is 2.53 bits per heavy atom. The summed E-state index contributed by atoms with van der Waals surface area (Å²) >= 11 is 0. The smallest absolute Gasteiger partial charge is 0.119 e. The van der Waals surface area contributed by atoms with E-state index in [9.17, 15) is 0 Å². The highest BCUT2D eigenvalue weighted by Gasteiger charge is 2.06. The van der Waals surface area contributed by atoms with Crippen LogP contribution in [0.3, 0.4) is 0 Å². The van der Waals surface area contributed by atoms with E-state index in [1.807, 2.05) is 30.3 Å². The molecule has 0 aromatic heterocycles. The lowest BCUT2D eigenvalue weighted by atomic mass is 10.2. The fourth-order valence-corrected chi connectivity index (χ4v) is 1.73. The molecule has 0 saturated heterocycles. The molecule has 1 aromatic rings. The van der Waals surface area contributed by atoms with Crippen LogP contribution < -0.4 is 10.1 Å². The summed E-state index contributed by atoms with van der Waals surface area (Å²) in [5.41, 5.74) is 0. The molecule has 0 radical (unpaired) electrons. The van der Waals surface area contributed by atoms with E-state index in [-0.39, 0.29) is 0 Å². The lowest BCUT2D eigenvalue weighted by Crippen LogP contribution is -2.24. The Bertz CT molecular complexity index is 274. The molecule has 0 heterocycles. The minimum absolute atomic E-state index is 0.325. The van der Waals surface area contributed by atoms with Gasteiger partial charge in [0.1, 0.15) is 5.75 Å². The first-order valence-corrected chi connectivity index (χ1v) is 6.79. The molecule has 1 atom stereocenters. The minimum Gasteiger partial charge on any atom is -0.490 e. The Morgan fingerprint density at radius 2 is 1.88 bits per heavy atom. The molecule has 0 aliphatic rings. The van der Waals surface area contributed by atoms with Crippen LogP contribution in [-0.2, 0) is 0 Å². The van der Waals surface area contributed by atoms with E-state index in [1.54, 1.807) is 0 Å². The summed E-state index contributed by atoms with van der Waals surface area (Å²) in [6.07, 6.45) is 4.98. The number of nitrogens with one attached hydrogen (secondary N) is 1. The molecule has 0 bridgehead atoms. The molecule has 0 aliphatic carbocycles. The van der Waals surface area contributed by atoms with Crippen molar-refractivity contribution in [3.63, 3.8) is 0 Å². The van der Waals surface area contributed by atoms with Crippen molar-refractivity contribution < 1.29 is 4.74 Å². The molecule has 1 N–H and O–H groups in total. The van der Waals surface area contributed by atoms with Crippen LogP contribution in [0.5, 0.6) is 5.75 Å². The van der Waals surface area contributed by atoms with E-state index in [4.69, 9.17) is 4.74 Å². The van der Waals surface area contributed by atoms with Gasteiger partial charge in [0.2, 0.25) is 0 Å². The molecule has 0 amide bonds. The summed E-state index contributed by atoms with van der Waals surface area (Å²) < 4.78 is 5.93. The molecule has 17 heavy (non-hydrogen) atoms. The molecule has 2 nitrogen and oxygen atoms in total. The first-order chi connectivity index (χ1) is 8.36. The van der Waals surface area contributed by atoms with Crippen LogP contribution in [0.4, 0.5) is 0 Å². The van der Waals surface area contributed by atoms with Gasteiger partial charge in [0.05, 0.1) is 6.10 Å². The van der Waals surface area contributed by atoms with Gasteiger partial charge >= 0.3 is 0 Å². The molecule has 0 spiro atoms. The highest BCUT2D eigenvalue weighted by molar-refractivity contribution is 5.21. The maximum atomic E-state index is 5.93. The van der Waals surface area contributed by atoms with Crippen molar-refractivity contribution in [3.05, 3.63) is 30.3 Å². The molecular formula is C15H25NO. The number of unbranched alkanes of at least 4 members (excludes halogenated alkanes) is 1. The third-order valence-electron chi connectivity index (χ3n) is 2.85. The molecule has 1 aromatic carbocycles. The van der Waals surface area contributed by atoms with Crippen molar-refractivity contribution >= 4 is 0 Å². The summed E-state index contributed by atoms with van der Waals surface area (Å²) in [6.45, 7) is 6.57. The van der Waals surface area contributed by atoms with Gasteiger partial charge in [-0.3, -0.25) is 0 Å². The minimum atomic E-state index is 0.325. The SMILES string of the molecule is CCCCNCCC(CC)Oc1ccccc1. The summed E-state index contributed by atoms with van der Waals surface area (Å²) in [5, 5.41) is 3.46. The highest BCUT2D eigenvalue weighted by atomic mass is 16.5. The van der Waals surface area contributed by atoms with Gasteiger partial charge in [-0.2, -0.15) is 0 Å². The third kappa shape index (κ3) is 6.32. The second-order valence-electron chi connectivity index (χ2n) is 4.35. The fraction of sp³-hybridized carbons (Fsp3) is 0.600. The van der Waals surface area contributed by atoms with Crippen LogP contribution in [0.25, 0.3) is 0 Å². The fourth-order valence-electron chi connectivity index (χ4n) is 1.73. The van der Waals surface area contributed by atoms with Crippen LogP contribution in [0.2, 0.25) is 0 Å². The summed E-state index contributed by atoms with van der Waals surface area (Å²) in [5.74, 6) is 0.980. The predicted octanol–water partition coefficient (Wildman–Crippen LogP) is 3.62. The average molecular weight is 235 g/mol. The van der Waals surface area contributed by atoms with E-state index >= 15 is 0 Å². The zero-order valence-electron chi connectivity index (χ0n) is 11.1. The van der Waals surface area contributed by atoms with Gasteiger partial charge in [-0.1, -0.05) is 38.5 Å². The Balaban J connectivity index is 2.20. The molecule has 96 valence electrons. The number of hydrogen-bond donors (Lipinski definition) is 1. The Hall–Kier alpha value is -1.02. The maximum absolute atomic E-state index is 5.93. The quantitative estimate of drug-likeness (QED) is 0.660. The Morgan fingerprint density at radius 1 is 1.12 bits per heavy atom. The van der Waals surface area contributed by atoms with Crippen molar-refractivity contribution in [2.24, 2.45) is 0 Å². The molecule has 0 aliphatic heterocycles. The number of benzene rings is 1. The number of hydrogen-bond acceptors (Lipinski definition) is 2. The van der Waals surface area contributed by atoms with Crippen LogP contribution in [0.15, 0.2) is 30.3 Å². The molecule has 0 saturated carbocycles. The van der Waals surface area contributed by atoms with Crippen molar-refractivity contribution in [1.29, 1.82) is 0 Å². The summed E-state index contributed by atoms with van der Waals surface area (Å²) in [7, 11) is 0. The van der Waals surface area contributed by atoms with E-state index in [0.29, 0.717) is 6.10 Å². The third-order valence-corrected chi connectivity index (χ3v) is 2.85. The summed E-state index contributed by atoms with van der Waals surface area (Å²) in [4.78, 5) is 0. The van der Waals surface area contributed by atoms with E-state index in [2.05, 4.69) is 19.2 Å². The van der Waals surface area contributed by atoms with Crippen LogP contribution in [0, 0.1) is 0 Å². The number of rotatable bonds is 9. The Kier molecular flexibility index (Phi) is 7.48. The van der Waals surface area contributed by atoms with Gasteiger partial charge in [0.25, 0.3) is 0 Å². The molecule has 2 heteroatoms. The average Bonchev–Trinajstić information content (AvgIpc) is 2.38. The largest absolute Gasteiger partial charge is 0.490 e. The molecule has 1 unspecified atom stereocenters. The normalized spacial score (nSPS) is 12.4. The second kappa shape index (κ2) is 9.06. The van der Waals surface area contributed by atoms with Gasteiger partial charge in [-0.15, -0.1) is 0 Å². The monoisotopic (exact) mass is 235 g/mol. The standard InChI is InChI=1S/C15H25NO/c1-3-5-12-16-13-11-14(4-2)17-15-9-7-6-8-10-15/h6-10,14,16H,3-5,11-13H2,1-2H3. The van der Waals surface area contributed by atoms with Gasteiger partial charge in [-0.05, 0) is 44.5 Å². The first kappa shape index (κ1) is 14.0. The van der Waals surface area contributed by atoms with Crippen molar-refractivity contribution in [2.75, 3.05) is 13.1 Å². The van der Waals surface area contributed by atoms with Crippen molar-refractivity contribution in [2.45, 2.75) is 45.6 Å². The number of para-hydroxylation sites is 1. The lowest BCUT2D eigenvalue weighted by Gasteiger charge is -2.17. The van der Waals surface area contributed by atoms with E-state index in [1.165, 1.54) is 12.8 Å². The topological polar surface area (TPSA) is 21.3 Å². The Labute approximate surface area is 105 Å². The van der Waals surface area contributed by atoms with E-state index < -0.39 is 0 Å². The zero-order valence-corrected chi connectivity index (χ0v) is 11.1. The second-order valence-corrected chi connectivity index (χ2v) is 4.35. The van der Waals surface area contributed by atoms with Crippen molar-refractivity contribution in [1.82, 2.24) is 5.32 Å². The van der Waals surface area contributed by atoms with E-state index in [0.717, 1.165) is 31.7 Å². The van der Waals surface area contributed by atoms with Crippen LogP contribution in [0.1, 0.15) is 39.5 Å². The van der Waals surface area contributed by atoms with Gasteiger partial charge in [0, 0.05) is 0 Å². The highest BCUT2D eigenvalue weighted by Crippen LogP contribution is 2.13. The molecule has 0 fully saturated rings. The van der Waals surface area contributed by atoms with Crippen LogP contribution in [-0.4, -0.2) is 19.2 Å². The predicted molar refractivity (Wildman–Crippen MR) is 73.5 cm³/mol. The number of ether oxygens (including phenoxy) is 1. The van der Waals surface area contributed by atoms with Gasteiger partial charge < -0.3 is 10.1 Å². The van der Waals surface area contributed by atoms with Gasteiger partial charge in [-0.25, -0.2) is 0 Å². The maximum Gasteiger partial charge on any atom is 0.119 e. The lowest BCUT2D eigenvalue weighted by molar-refractivity contribution is 0.186.